The minimum Gasteiger partial charge on any atom is -0.382 e. The van der Waals surface area contributed by atoms with E-state index in [0.717, 1.165) is 29.0 Å². The second-order valence-corrected chi connectivity index (χ2v) is 6.37. The number of aromatic nitrogens is 4. The van der Waals surface area contributed by atoms with E-state index in [2.05, 4.69) is 40.4 Å². The smallest absolute Gasteiger partial charge is 0.153 e. The molecule has 0 bridgehead atoms. The number of imidazole rings is 1. The lowest BCUT2D eigenvalue weighted by atomic mass is 9.85. The Morgan fingerprint density at radius 1 is 1.22 bits per heavy atom. The number of rotatable bonds is 2. The molecule has 23 heavy (non-hydrogen) atoms. The predicted octanol–water partition coefficient (Wildman–Crippen LogP) is 3.21. The zero-order valence-corrected chi connectivity index (χ0v) is 12.7. The van der Waals surface area contributed by atoms with Gasteiger partial charge < -0.3 is 5.73 Å². The van der Waals surface area contributed by atoms with Crippen LogP contribution in [0.25, 0.3) is 22.9 Å². The Labute approximate surface area is 133 Å². The second kappa shape index (κ2) is 4.65. The van der Waals surface area contributed by atoms with Gasteiger partial charge in [0.15, 0.2) is 5.82 Å². The van der Waals surface area contributed by atoms with Crippen molar-refractivity contribution in [2.75, 3.05) is 5.73 Å². The topological polar surface area (TPSA) is 69.1 Å². The fraction of sp³-hybridized carbons (Fsp3) is 0.278. The Morgan fingerprint density at radius 3 is 2.96 bits per heavy atom. The van der Waals surface area contributed by atoms with E-state index >= 15 is 0 Å². The van der Waals surface area contributed by atoms with Crippen molar-refractivity contribution in [1.82, 2.24) is 19.6 Å². The first-order valence-corrected chi connectivity index (χ1v) is 8.10. The molecule has 5 nitrogen and oxygen atoms in total. The summed E-state index contributed by atoms with van der Waals surface area (Å²) in [7, 11) is 0. The van der Waals surface area contributed by atoms with Crippen LogP contribution in [-0.4, -0.2) is 19.6 Å². The normalized spacial score (nSPS) is 16.7. The summed E-state index contributed by atoms with van der Waals surface area (Å²) < 4.78 is 1.89. The zero-order valence-electron chi connectivity index (χ0n) is 12.7. The largest absolute Gasteiger partial charge is 0.382 e. The van der Waals surface area contributed by atoms with Gasteiger partial charge in [0.05, 0.1) is 0 Å². The molecule has 1 saturated carbocycles. The molecule has 0 spiro atoms. The zero-order chi connectivity index (χ0) is 15.4. The lowest BCUT2D eigenvalue weighted by Crippen LogP contribution is -2.14. The second-order valence-electron chi connectivity index (χ2n) is 6.37. The molecule has 0 unspecified atom stereocenters. The van der Waals surface area contributed by atoms with Crippen LogP contribution in [0, 0.1) is 0 Å². The van der Waals surface area contributed by atoms with Gasteiger partial charge in [0.2, 0.25) is 0 Å². The van der Waals surface area contributed by atoms with Gasteiger partial charge in [-0.25, -0.2) is 14.5 Å². The Kier molecular flexibility index (Phi) is 2.59. The van der Waals surface area contributed by atoms with Gasteiger partial charge in [-0.15, -0.1) is 0 Å². The number of nitrogens with two attached hydrogens (primary N) is 1. The Balaban J connectivity index is 1.76. The fourth-order valence-corrected chi connectivity index (χ4v) is 3.51. The van der Waals surface area contributed by atoms with E-state index < -0.39 is 0 Å². The molecule has 0 amide bonds. The van der Waals surface area contributed by atoms with Crippen molar-refractivity contribution >= 4 is 17.4 Å². The summed E-state index contributed by atoms with van der Waals surface area (Å²) in [5, 5.41) is 4.41. The summed E-state index contributed by atoms with van der Waals surface area (Å²) in [4.78, 5) is 9.10. The summed E-state index contributed by atoms with van der Waals surface area (Å²) >= 11 is 0. The highest BCUT2D eigenvalue weighted by molar-refractivity contribution is 5.86. The average molecular weight is 303 g/mol. The fourth-order valence-electron chi connectivity index (χ4n) is 3.51. The molecule has 2 aliphatic carbocycles. The molecule has 3 aromatic rings. The van der Waals surface area contributed by atoms with Crippen LogP contribution in [0.2, 0.25) is 0 Å². The lowest BCUT2D eigenvalue weighted by molar-refractivity contribution is 0.396. The van der Waals surface area contributed by atoms with E-state index in [1.807, 2.05) is 4.52 Å². The molecule has 2 N–H and O–H groups in total. The van der Waals surface area contributed by atoms with Gasteiger partial charge in [-0.3, -0.25) is 0 Å². The first kappa shape index (κ1) is 12.8. The van der Waals surface area contributed by atoms with Gasteiger partial charge >= 0.3 is 0 Å². The number of hydrogen-bond donors (Lipinski definition) is 1. The van der Waals surface area contributed by atoms with Gasteiger partial charge in [0.1, 0.15) is 23.4 Å². The van der Waals surface area contributed by atoms with Gasteiger partial charge in [-0.1, -0.05) is 30.7 Å². The summed E-state index contributed by atoms with van der Waals surface area (Å²) in [5.74, 6) is 2.00. The average Bonchev–Trinajstić information content (AvgIpc) is 3.10. The standard InChI is InChI=1S/C18H17N5/c19-17-16-15(14-8-7-11-3-1-6-13(11)9-14)22-18(12-4-2-5-12)23(16)21-10-20-17/h1,6-10,12H,2-5H2,(H2,19,20,21). The third kappa shape index (κ3) is 1.82. The Bertz CT molecular complexity index is 949. The molecule has 0 atom stereocenters. The highest BCUT2D eigenvalue weighted by Crippen LogP contribution is 2.39. The van der Waals surface area contributed by atoms with E-state index in [1.54, 1.807) is 0 Å². The predicted molar refractivity (Wildman–Crippen MR) is 90.0 cm³/mol. The third-order valence-corrected chi connectivity index (χ3v) is 5.01. The SMILES string of the molecule is Nc1ncnn2c(C3CCC3)nc(-c3ccc4c(c3)C=CC4)c12. The molecule has 5 rings (SSSR count). The van der Waals surface area contributed by atoms with Crippen molar-refractivity contribution in [3.63, 3.8) is 0 Å². The Hall–Kier alpha value is -2.69. The molecule has 2 aromatic heterocycles. The van der Waals surface area contributed by atoms with Gasteiger partial charge in [0, 0.05) is 11.5 Å². The monoisotopic (exact) mass is 303 g/mol. The van der Waals surface area contributed by atoms with E-state index in [-0.39, 0.29) is 0 Å². The third-order valence-electron chi connectivity index (χ3n) is 5.01. The van der Waals surface area contributed by atoms with E-state index in [4.69, 9.17) is 10.7 Å². The Morgan fingerprint density at radius 2 is 2.13 bits per heavy atom. The van der Waals surface area contributed by atoms with Crippen LogP contribution in [0.4, 0.5) is 5.82 Å². The maximum absolute atomic E-state index is 6.15. The molecule has 1 aromatic carbocycles. The van der Waals surface area contributed by atoms with Gasteiger partial charge in [-0.2, -0.15) is 5.10 Å². The van der Waals surface area contributed by atoms with Crippen molar-refractivity contribution in [3.05, 3.63) is 47.6 Å². The summed E-state index contributed by atoms with van der Waals surface area (Å²) in [6.45, 7) is 0. The van der Waals surface area contributed by atoms with Crippen LogP contribution in [0.5, 0.6) is 0 Å². The van der Waals surface area contributed by atoms with E-state index in [1.165, 1.54) is 36.7 Å². The molecule has 5 heteroatoms. The number of nitrogen functional groups attached to an aromatic ring is 1. The van der Waals surface area contributed by atoms with Crippen molar-refractivity contribution in [2.45, 2.75) is 31.6 Å². The number of benzene rings is 1. The lowest BCUT2D eigenvalue weighted by Gasteiger charge is -2.23. The minimum atomic E-state index is 0.486. The summed E-state index contributed by atoms with van der Waals surface area (Å²) in [5.41, 5.74) is 11.6. The van der Waals surface area contributed by atoms with Crippen LogP contribution in [0.15, 0.2) is 30.6 Å². The van der Waals surface area contributed by atoms with Crippen LogP contribution < -0.4 is 5.73 Å². The minimum absolute atomic E-state index is 0.486. The van der Waals surface area contributed by atoms with Crippen molar-refractivity contribution in [1.29, 1.82) is 0 Å². The van der Waals surface area contributed by atoms with Crippen LogP contribution in [0.3, 0.4) is 0 Å². The summed E-state index contributed by atoms with van der Waals surface area (Å²) in [6.07, 6.45) is 10.5. The van der Waals surface area contributed by atoms with Crippen LogP contribution in [0.1, 0.15) is 42.1 Å². The van der Waals surface area contributed by atoms with Crippen LogP contribution >= 0.6 is 0 Å². The van der Waals surface area contributed by atoms with E-state index in [9.17, 15) is 0 Å². The van der Waals surface area contributed by atoms with Crippen molar-refractivity contribution in [2.24, 2.45) is 0 Å². The molecule has 114 valence electrons. The maximum Gasteiger partial charge on any atom is 0.153 e. The molecule has 1 fully saturated rings. The maximum atomic E-state index is 6.15. The summed E-state index contributed by atoms with van der Waals surface area (Å²) in [6, 6.07) is 6.50. The number of anilines is 1. The molecular formula is C18H17N5. The molecule has 0 radical (unpaired) electrons. The first-order valence-electron chi connectivity index (χ1n) is 8.10. The van der Waals surface area contributed by atoms with Crippen molar-refractivity contribution < 1.29 is 0 Å². The number of fused-ring (bicyclic) bond motifs is 2. The molecule has 0 saturated heterocycles. The first-order chi connectivity index (χ1) is 11.3. The molecular weight excluding hydrogens is 286 g/mol. The van der Waals surface area contributed by atoms with Gasteiger partial charge in [0.25, 0.3) is 0 Å². The van der Waals surface area contributed by atoms with Crippen LogP contribution in [-0.2, 0) is 6.42 Å². The quantitative estimate of drug-likeness (QED) is 0.789. The van der Waals surface area contributed by atoms with Gasteiger partial charge in [-0.05, 0) is 36.5 Å². The van der Waals surface area contributed by atoms with Crippen molar-refractivity contribution in [3.8, 4) is 11.3 Å². The molecule has 2 aliphatic rings. The number of allylic oxidation sites excluding steroid dienone is 1. The number of hydrogen-bond acceptors (Lipinski definition) is 4. The van der Waals surface area contributed by atoms with E-state index in [0.29, 0.717) is 11.7 Å². The highest BCUT2D eigenvalue weighted by atomic mass is 15.3. The molecule has 0 aliphatic heterocycles. The highest BCUT2D eigenvalue weighted by Gasteiger charge is 2.27. The number of nitrogens with zero attached hydrogens (tertiary/aromatic N) is 4. The molecule has 2 heterocycles.